The highest BCUT2D eigenvalue weighted by molar-refractivity contribution is 7.88. The SMILES string of the molecule is CN1CCC(NS(=O)(=O)Cc2ccccc2Cl)C1. The van der Waals surface area contributed by atoms with E-state index in [9.17, 15) is 8.42 Å². The van der Waals surface area contributed by atoms with Crippen LogP contribution in [0, 0.1) is 0 Å². The van der Waals surface area contributed by atoms with Gasteiger partial charge in [-0.3, -0.25) is 0 Å². The molecule has 1 unspecified atom stereocenters. The molecule has 0 aliphatic carbocycles. The van der Waals surface area contributed by atoms with Gasteiger partial charge in [-0.15, -0.1) is 0 Å². The number of benzene rings is 1. The Morgan fingerprint density at radius 2 is 2.17 bits per heavy atom. The van der Waals surface area contributed by atoms with Gasteiger partial charge < -0.3 is 4.90 Å². The second kappa shape index (κ2) is 5.57. The van der Waals surface area contributed by atoms with Gasteiger partial charge in [-0.1, -0.05) is 29.8 Å². The van der Waals surface area contributed by atoms with Crippen molar-refractivity contribution < 1.29 is 8.42 Å². The van der Waals surface area contributed by atoms with Crippen LogP contribution in [0.2, 0.25) is 5.02 Å². The highest BCUT2D eigenvalue weighted by Crippen LogP contribution is 2.18. The number of hydrogen-bond donors (Lipinski definition) is 1. The van der Waals surface area contributed by atoms with Gasteiger partial charge in [-0.2, -0.15) is 0 Å². The van der Waals surface area contributed by atoms with E-state index in [1.165, 1.54) is 0 Å². The zero-order valence-electron chi connectivity index (χ0n) is 10.3. The lowest BCUT2D eigenvalue weighted by Crippen LogP contribution is -2.37. The van der Waals surface area contributed by atoms with E-state index < -0.39 is 10.0 Å². The molecule has 1 saturated heterocycles. The summed E-state index contributed by atoms with van der Waals surface area (Å²) in [6.07, 6.45) is 0.859. The molecular formula is C12H17ClN2O2S. The highest BCUT2D eigenvalue weighted by Gasteiger charge is 2.24. The highest BCUT2D eigenvalue weighted by atomic mass is 35.5. The van der Waals surface area contributed by atoms with Crippen molar-refractivity contribution >= 4 is 21.6 Å². The van der Waals surface area contributed by atoms with Crippen molar-refractivity contribution in [2.24, 2.45) is 0 Å². The molecule has 0 bridgehead atoms. The fourth-order valence-electron chi connectivity index (χ4n) is 2.15. The number of rotatable bonds is 4. The van der Waals surface area contributed by atoms with Crippen LogP contribution in [0.4, 0.5) is 0 Å². The Kier molecular flexibility index (Phi) is 4.27. The topological polar surface area (TPSA) is 49.4 Å². The van der Waals surface area contributed by atoms with Crippen molar-refractivity contribution in [3.63, 3.8) is 0 Å². The van der Waals surface area contributed by atoms with Crippen molar-refractivity contribution in [1.82, 2.24) is 9.62 Å². The first-order chi connectivity index (χ1) is 8.46. The lowest BCUT2D eigenvalue weighted by molar-refractivity contribution is 0.407. The second-order valence-corrected chi connectivity index (χ2v) is 6.88. The number of sulfonamides is 1. The molecule has 0 saturated carbocycles. The molecular weight excluding hydrogens is 272 g/mol. The fraction of sp³-hybridized carbons (Fsp3) is 0.500. The van der Waals surface area contributed by atoms with E-state index >= 15 is 0 Å². The van der Waals surface area contributed by atoms with Crippen LogP contribution in [0.3, 0.4) is 0 Å². The van der Waals surface area contributed by atoms with E-state index in [-0.39, 0.29) is 11.8 Å². The quantitative estimate of drug-likeness (QED) is 0.913. The van der Waals surface area contributed by atoms with E-state index in [1.54, 1.807) is 24.3 Å². The maximum absolute atomic E-state index is 12.0. The molecule has 1 aromatic rings. The van der Waals surface area contributed by atoms with Gasteiger partial charge in [0.1, 0.15) is 0 Å². The summed E-state index contributed by atoms with van der Waals surface area (Å²) in [4.78, 5) is 2.11. The van der Waals surface area contributed by atoms with Crippen LogP contribution in [-0.4, -0.2) is 39.5 Å². The van der Waals surface area contributed by atoms with Crippen molar-refractivity contribution in [1.29, 1.82) is 0 Å². The fourth-order valence-corrected chi connectivity index (χ4v) is 3.87. The van der Waals surface area contributed by atoms with Crippen LogP contribution in [0.5, 0.6) is 0 Å². The van der Waals surface area contributed by atoms with Gasteiger partial charge in [0.15, 0.2) is 0 Å². The largest absolute Gasteiger partial charge is 0.305 e. The Hall–Kier alpha value is -0.620. The zero-order valence-corrected chi connectivity index (χ0v) is 11.8. The Bertz CT molecular complexity index is 519. The summed E-state index contributed by atoms with van der Waals surface area (Å²) in [5.74, 6) is -0.0626. The third kappa shape index (κ3) is 3.68. The number of likely N-dealkylation sites (tertiary alicyclic amines) is 1. The summed E-state index contributed by atoms with van der Waals surface area (Å²) in [7, 11) is -1.34. The Morgan fingerprint density at radius 1 is 1.44 bits per heavy atom. The normalized spacial score (nSPS) is 21.3. The average molecular weight is 289 g/mol. The molecule has 1 fully saturated rings. The number of hydrogen-bond acceptors (Lipinski definition) is 3. The van der Waals surface area contributed by atoms with Crippen molar-refractivity contribution in [3.05, 3.63) is 34.9 Å². The van der Waals surface area contributed by atoms with E-state index in [0.717, 1.165) is 19.5 Å². The first-order valence-corrected chi connectivity index (χ1v) is 7.91. The molecule has 0 spiro atoms. The third-order valence-corrected chi connectivity index (χ3v) is 4.79. The minimum absolute atomic E-state index is 0.0162. The summed E-state index contributed by atoms with van der Waals surface area (Å²) >= 11 is 5.97. The summed E-state index contributed by atoms with van der Waals surface area (Å²) < 4.78 is 26.8. The maximum Gasteiger partial charge on any atom is 0.216 e. The van der Waals surface area contributed by atoms with Crippen molar-refractivity contribution in [3.8, 4) is 0 Å². The number of likely N-dealkylation sites (N-methyl/N-ethyl adjacent to an activating group) is 1. The van der Waals surface area contributed by atoms with E-state index in [1.807, 2.05) is 7.05 Å². The molecule has 6 heteroatoms. The lowest BCUT2D eigenvalue weighted by Gasteiger charge is -2.13. The third-order valence-electron chi connectivity index (χ3n) is 3.04. The van der Waals surface area contributed by atoms with E-state index in [0.29, 0.717) is 10.6 Å². The molecule has 0 amide bonds. The minimum atomic E-state index is -3.33. The number of nitrogens with zero attached hydrogens (tertiary/aromatic N) is 1. The Labute approximate surface area is 113 Å². The predicted molar refractivity (Wildman–Crippen MR) is 73.1 cm³/mol. The van der Waals surface area contributed by atoms with Crippen LogP contribution >= 0.6 is 11.6 Å². The van der Waals surface area contributed by atoms with Gasteiger partial charge in [-0.25, -0.2) is 13.1 Å². The van der Waals surface area contributed by atoms with Gasteiger partial charge in [0.05, 0.1) is 5.75 Å². The molecule has 2 rings (SSSR count). The number of halogens is 1. The van der Waals surface area contributed by atoms with Crippen molar-refractivity contribution in [2.45, 2.75) is 18.2 Å². The number of nitrogens with one attached hydrogen (secondary N) is 1. The zero-order chi connectivity index (χ0) is 13.2. The van der Waals surface area contributed by atoms with Gasteiger partial charge >= 0.3 is 0 Å². The summed E-state index contributed by atoms with van der Waals surface area (Å²) in [5, 5.41) is 0.492. The van der Waals surface area contributed by atoms with E-state index in [4.69, 9.17) is 11.6 Å². The van der Waals surface area contributed by atoms with Gasteiger partial charge in [0, 0.05) is 17.6 Å². The van der Waals surface area contributed by atoms with Gasteiger partial charge in [-0.05, 0) is 31.6 Å². The molecule has 100 valence electrons. The summed E-state index contributed by atoms with van der Waals surface area (Å²) in [5.41, 5.74) is 0.637. The van der Waals surface area contributed by atoms with Gasteiger partial charge in [0.25, 0.3) is 0 Å². The summed E-state index contributed by atoms with van der Waals surface area (Å²) in [6.45, 7) is 1.70. The van der Waals surface area contributed by atoms with Crippen LogP contribution < -0.4 is 4.72 Å². The molecule has 1 heterocycles. The maximum atomic E-state index is 12.0. The molecule has 1 aromatic carbocycles. The molecule has 1 aliphatic heterocycles. The monoisotopic (exact) mass is 288 g/mol. The standard InChI is InChI=1S/C12H17ClN2O2S/c1-15-7-6-11(8-15)14-18(16,17)9-10-4-2-3-5-12(10)13/h2-5,11,14H,6-9H2,1H3. The van der Waals surface area contributed by atoms with Crippen LogP contribution in [0.1, 0.15) is 12.0 Å². The van der Waals surface area contributed by atoms with Crippen LogP contribution in [0.25, 0.3) is 0 Å². The smallest absolute Gasteiger partial charge is 0.216 e. The molecule has 18 heavy (non-hydrogen) atoms. The lowest BCUT2D eigenvalue weighted by atomic mass is 10.2. The molecule has 1 atom stereocenters. The first-order valence-electron chi connectivity index (χ1n) is 5.88. The molecule has 0 radical (unpaired) electrons. The van der Waals surface area contributed by atoms with Crippen LogP contribution in [0.15, 0.2) is 24.3 Å². The Balaban J connectivity index is 2.02. The molecule has 1 aliphatic rings. The first kappa shape index (κ1) is 13.8. The van der Waals surface area contributed by atoms with Crippen LogP contribution in [-0.2, 0) is 15.8 Å². The molecule has 0 aromatic heterocycles. The molecule has 4 nitrogen and oxygen atoms in total. The van der Waals surface area contributed by atoms with Crippen molar-refractivity contribution in [2.75, 3.05) is 20.1 Å². The Morgan fingerprint density at radius 3 is 2.78 bits per heavy atom. The molecule has 1 N–H and O–H groups in total. The average Bonchev–Trinajstić information content (AvgIpc) is 2.66. The van der Waals surface area contributed by atoms with E-state index in [2.05, 4.69) is 9.62 Å². The van der Waals surface area contributed by atoms with Gasteiger partial charge in [0.2, 0.25) is 10.0 Å². The predicted octanol–water partition coefficient (Wildman–Crippen LogP) is 1.46. The minimum Gasteiger partial charge on any atom is -0.305 e. The summed E-state index contributed by atoms with van der Waals surface area (Å²) in [6, 6.07) is 7.04. The second-order valence-electron chi connectivity index (χ2n) is 4.72.